The Labute approximate surface area is 74.4 Å². The largest absolute Gasteiger partial charge is 0.772 e. The van der Waals surface area contributed by atoms with E-state index in [0.29, 0.717) is 0 Å². The van der Waals surface area contributed by atoms with Gasteiger partial charge in [-0.2, -0.15) is 0 Å². The van der Waals surface area contributed by atoms with E-state index in [1.54, 1.807) is 13.0 Å². The summed E-state index contributed by atoms with van der Waals surface area (Å²) in [5.41, 5.74) is 0. The lowest BCUT2D eigenvalue weighted by molar-refractivity contribution is 0.435. The van der Waals surface area contributed by atoms with Gasteiger partial charge in [0.05, 0.1) is 0 Å². The fourth-order valence-corrected chi connectivity index (χ4v) is 0.670. The van der Waals surface area contributed by atoms with Crippen LogP contribution < -0.4 is 0 Å². The summed E-state index contributed by atoms with van der Waals surface area (Å²) in [6, 6.07) is 0. The highest BCUT2D eigenvalue weighted by molar-refractivity contribution is 7.79. The van der Waals surface area contributed by atoms with Crippen LogP contribution >= 0.6 is 0 Å². The van der Waals surface area contributed by atoms with E-state index in [-0.39, 0.29) is 5.76 Å². The molecular formula is C8H11O3S-. The molecule has 0 aliphatic rings. The van der Waals surface area contributed by atoms with Crippen LogP contribution in [-0.4, -0.2) is 19.1 Å². The third-order valence-corrected chi connectivity index (χ3v) is 1.85. The molecule has 0 aliphatic heterocycles. The molecule has 2 unspecified atom stereocenters. The number of allylic oxidation sites excluding steroid dienone is 3. The van der Waals surface area contributed by atoms with Crippen LogP contribution in [0.1, 0.15) is 6.92 Å². The lowest BCUT2D eigenvalue weighted by Crippen LogP contribution is -2.04. The van der Waals surface area contributed by atoms with Gasteiger partial charge in [0.15, 0.2) is 0 Å². The molecule has 0 bridgehead atoms. The predicted molar refractivity (Wildman–Crippen MR) is 48.4 cm³/mol. The number of aliphatic hydroxyl groups is 1. The molecule has 0 fully saturated rings. The smallest absolute Gasteiger partial charge is 0.108 e. The molecule has 3 nitrogen and oxygen atoms in total. The lowest BCUT2D eigenvalue weighted by Gasteiger charge is -2.08. The van der Waals surface area contributed by atoms with Crippen molar-refractivity contribution in [1.82, 2.24) is 0 Å². The fourth-order valence-electron chi connectivity index (χ4n) is 0.451. The minimum atomic E-state index is -2.08. The van der Waals surface area contributed by atoms with Gasteiger partial charge in [0.1, 0.15) is 5.76 Å². The van der Waals surface area contributed by atoms with Crippen molar-refractivity contribution in [2.75, 3.05) is 0 Å². The third-order valence-electron chi connectivity index (χ3n) is 1.09. The Morgan fingerprint density at radius 3 is 2.67 bits per heavy atom. The molecule has 0 saturated heterocycles. The highest BCUT2D eigenvalue weighted by Gasteiger charge is 1.91. The van der Waals surface area contributed by atoms with Crippen molar-refractivity contribution in [2.45, 2.75) is 12.2 Å². The lowest BCUT2D eigenvalue weighted by atomic mass is 10.3. The highest BCUT2D eigenvalue weighted by Crippen LogP contribution is 1.94. The number of aliphatic hydroxyl groups excluding tert-OH is 1. The molecule has 0 aromatic carbocycles. The molecule has 0 aliphatic carbocycles. The second-order valence-corrected chi connectivity index (χ2v) is 3.47. The van der Waals surface area contributed by atoms with E-state index in [1.807, 2.05) is 0 Å². The number of hydrogen-bond donors (Lipinski definition) is 1. The first-order valence-electron chi connectivity index (χ1n) is 3.35. The van der Waals surface area contributed by atoms with E-state index in [1.165, 1.54) is 18.2 Å². The predicted octanol–water partition coefficient (Wildman–Crippen LogP) is 1.44. The van der Waals surface area contributed by atoms with E-state index >= 15 is 0 Å². The summed E-state index contributed by atoms with van der Waals surface area (Å²) in [6.07, 6.45) is 5.94. The van der Waals surface area contributed by atoms with Crippen LogP contribution in [0, 0.1) is 0 Å². The Morgan fingerprint density at radius 2 is 2.25 bits per heavy atom. The van der Waals surface area contributed by atoms with E-state index in [4.69, 9.17) is 5.11 Å². The molecule has 0 spiro atoms. The second-order valence-electron chi connectivity index (χ2n) is 2.20. The van der Waals surface area contributed by atoms with Gasteiger partial charge in [0.2, 0.25) is 0 Å². The van der Waals surface area contributed by atoms with Gasteiger partial charge < -0.3 is 9.66 Å². The van der Waals surface area contributed by atoms with Crippen molar-refractivity contribution in [2.24, 2.45) is 0 Å². The average molecular weight is 187 g/mol. The summed E-state index contributed by atoms with van der Waals surface area (Å²) in [5.74, 6) is -0.0597. The zero-order chi connectivity index (χ0) is 9.56. The van der Waals surface area contributed by atoms with Gasteiger partial charge in [-0.05, 0) is 24.1 Å². The Hall–Kier alpha value is -0.870. The average Bonchev–Trinajstić information content (AvgIpc) is 1.97. The summed E-state index contributed by atoms with van der Waals surface area (Å²) >= 11 is -2.08. The number of hydrogen-bond acceptors (Lipinski definition) is 3. The molecule has 0 amide bonds. The van der Waals surface area contributed by atoms with E-state index in [9.17, 15) is 8.76 Å². The standard InChI is InChI=1S/C8H12O3S/c1-7(9)5-3-4-6-8(2)12(10)11/h3-6,8-9H,1H2,2H3,(H,10,11)/p-1/b5-3-,6-4-. The van der Waals surface area contributed by atoms with Gasteiger partial charge in [-0.3, -0.25) is 4.21 Å². The Kier molecular flexibility index (Phi) is 5.32. The zero-order valence-corrected chi connectivity index (χ0v) is 7.58. The van der Waals surface area contributed by atoms with Crippen molar-refractivity contribution in [3.05, 3.63) is 36.6 Å². The fraction of sp³-hybridized carbons (Fsp3) is 0.250. The third kappa shape index (κ3) is 5.88. The summed E-state index contributed by atoms with van der Waals surface area (Å²) in [4.78, 5) is 0. The molecule has 0 aromatic rings. The van der Waals surface area contributed by atoms with Gasteiger partial charge in [-0.15, -0.1) is 0 Å². The quantitative estimate of drug-likeness (QED) is 0.411. The molecule has 2 atom stereocenters. The maximum atomic E-state index is 10.3. The van der Waals surface area contributed by atoms with Gasteiger partial charge in [0, 0.05) is 5.25 Å². The highest BCUT2D eigenvalue weighted by atomic mass is 32.2. The molecule has 68 valence electrons. The van der Waals surface area contributed by atoms with Crippen molar-refractivity contribution in [3.8, 4) is 0 Å². The van der Waals surface area contributed by atoms with Crippen LogP contribution in [0.4, 0.5) is 0 Å². The topological polar surface area (TPSA) is 60.4 Å². The maximum absolute atomic E-state index is 10.3. The van der Waals surface area contributed by atoms with Gasteiger partial charge in [0.25, 0.3) is 0 Å². The number of rotatable bonds is 4. The zero-order valence-electron chi connectivity index (χ0n) is 6.77. The second kappa shape index (κ2) is 5.74. The van der Waals surface area contributed by atoms with Crippen LogP contribution in [0.2, 0.25) is 0 Å². The first-order chi connectivity index (χ1) is 5.54. The molecule has 1 N–H and O–H groups in total. The molecule has 0 radical (unpaired) electrons. The summed E-state index contributed by atoms with van der Waals surface area (Å²) < 4.78 is 20.6. The van der Waals surface area contributed by atoms with Crippen LogP contribution in [-0.2, 0) is 11.1 Å². The summed E-state index contributed by atoms with van der Waals surface area (Å²) in [5, 5.41) is 8.08. The van der Waals surface area contributed by atoms with E-state index < -0.39 is 16.3 Å². The Balaban J connectivity index is 3.92. The molecule has 12 heavy (non-hydrogen) atoms. The van der Waals surface area contributed by atoms with Gasteiger partial charge in [-0.1, -0.05) is 24.8 Å². The van der Waals surface area contributed by atoms with Crippen LogP contribution in [0.25, 0.3) is 0 Å². The molecule has 0 saturated carbocycles. The normalized spacial score (nSPS) is 16.8. The SMILES string of the molecule is C=C(O)/C=C\C=C/C(C)S(=O)[O-]. The first kappa shape index (κ1) is 11.1. The molecular weight excluding hydrogens is 176 g/mol. The van der Waals surface area contributed by atoms with Crippen LogP contribution in [0.5, 0.6) is 0 Å². The Morgan fingerprint density at radius 1 is 1.67 bits per heavy atom. The van der Waals surface area contributed by atoms with Gasteiger partial charge >= 0.3 is 0 Å². The van der Waals surface area contributed by atoms with E-state index in [0.717, 1.165) is 0 Å². The van der Waals surface area contributed by atoms with Crippen molar-refractivity contribution >= 4 is 11.1 Å². The molecule has 0 aromatic heterocycles. The van der Waals surface area contributed by atoms with Crippen molar-refractivity contribution < 1.29 is 13.9 Å². The monoisotopic (exact) mass is 187 g/mol. The van der Waals surface area contributed by atoms with Crippen molar-refractivity contribution in [3.63, 3.8) is 0 Å². The molecule has 4 heteroatoms. The first-order valence-corrected chi connectivity index (χ1v) is 4.48. The summed E-state index contributed by atoms with van der Waals surface area (Å²) in [7, 11) is 0. The molecule has 0 heterocycles. The van der Waals surface area contributed by atoms with Crippen LogP contribution in [0.15, 0.2) is 36.6 Å². The van der Waals surface area contributed by atoms with E-state index in [2.05, 4.69) is 6.58 Å². The maximum Gasteiger partial charge on any atom is 0.108 e. The molecule has 0 rings (SSSR count). The van der Waals surface area contributed by atoms with Crippen molar-refractivity contribution in [1.29, 1.82) is 0 Å². The Bertz CT molecular complexity index is 230. The van der Waals surface area contributed by atoms with Crippen LogP contribution in [0.3, 0.4) is 0 Å². The minimum absolute atomic E-state index is 0.0597. The summed E-state index contributed by atoms with van der Waals surface area (Å²) in [6.45, 7) is 4.78. The van der Waals surface area contributed by atoms with Gasteiger partial charge in [-0.25, -0.2) is 0 Å². The minimum Gasteiger partial charge on any atom is -0.772 e.